The Morgan fingerprint density at radius 3 is 2.57 bits per heavy atom. The highest BCUT2D eigenvalue weighted by Gasteiger charge is 2.45. The lowest BCUT2D eigenvalue weighted by Crippen LogP contribution is -2.34. The average molecular weight is 194 g/mol. The lowest BCUT2D eigenvalue weighted by molar-refractivity contribution is -0.128. The van der Waals surface area contributed by atoms with Crippen LogP contribution in [0.3, 0.4) is 0 Å². The molecule has 1 heterocycles. The lowest BCUT2D eigenvalue weighted by Gasteiger charge is -2.08. The van der Waals surface area contributed by atoms with E-state index in [1.807, 2.05) is 6.92 Å². The summed E-state index contributed by atoms with van der Waals surface area (Å²) < 4.78 is 0. The number of carbonyl (C=O) groups excluding carboxylic acids is 3. The summed E-state index contributed by atoms with van der Waals surface area (Å²) in [6, 6.07) is 0. The molecule has 0 radical (unpaired) electrons. The molecule has 0 bridgehead atoms. The van der Waals surface area contributed by atoms with E-state index in [1.165, 1.54) is 0 Å². The van der Waals surface area contributed by atoms with Gasteiger partial charge < -0.3 is 5.32 Å². The second-order valence-corrected chi connectivity index (χ2v) is 3.89. The molecular formula is C9H10N2O3. The van der Waals surface area contributed by atoms with Gasteiger partial charge in [-0.3, -0.25) is 19.7 Å². The molecule has 0 saturated heterocycles. The molecule has 5 nitrogen and oxygen atoms in total. The Hall–Kier alpha value is -1.65. The summed E-state index contributed by atoms with van der Waals surface area (Å²) in [5.41, 5.74) is -0.291. The SMILES string of the molecule is CC1(C(=O)NC2=CC(=O)NC2=O)CC1. The van der Waals surface area contributed by atoms with Gasteiger partial charge in [0.05, 0.1) is 0 Å². The zero-order chi connectivity index (χ0) is 10.3. The van der Waals surface area contributed by atoms with Crippen LogP contribution in [0.15, 0.2) is 11.8 Å². The van der Waals surface area contributed by atoms with Crippen LogP contribution in [0.1, 0.15) is 19.8 Å². The van der Waals surface area contributed by atoms with Crippen molar-refractivity contribution in [2.75, 3.05) is 0 Å². The molecule has 0 atom stereocenters. The summed E-state index contributed by atoms with van der Waals surface area (Å²) in [5.74, 6) is -1.20. The third-order valence-electron chi connectivity index (χ3n) is 2.55. The van der Waals surface area contributed by atoms with Gasteiger partial charge in [0.15, 0.2) is 0 Å². The Bertz CT molecular complexity index is 366. The Labute approximate surface area is 80.5 Å². The molecule has 0 aromatic rings. The molecule has 0 aromatic heterocycles. The third kappa shape index (κ3) is 1.41. The van der Waals surface area contributed by atoms with E-state index in [0.717, 1.165) is 18.9 Å². The molecule has 2 rings (SSSR count). The van der Waals surface area contributed by atoms with E-state index >= 15 is 0 Å². The van der Waals surface area contributed by atoms with Crippen molar-refractivity contribution in [3.05, 3.63) is 11.8 Å². The predicted molar refractivity (Wildman–Crippen MR) is 46.7 cm³/mol. The first-order valence-corrected chi connectivity index (χ1v) is 4.40. The highest BCUT2D eigenvalue weighted by molar-refractivity contribution is 6.17. The fraction of sp³-hybridized carbons (Fsp3) is 0.444. The van der Waals surface area contributed by atoms with Crippen LogP contribution in [0.4, 0.5) is 0 Å². The highest BCUT2D eigenvalue weighted by atomic mass is 16.2. The molecule has 1 saturated carbocycles. The molecule has 2 N–H and O–H groups in total. The van der Waals surface area contributed by atoms with Crippen LogP contribution >= 0.6 is 0 Å². The van der Waals surface area contributed by atoms with E-state index in [-0.39, 0.29) is 17.0 Å². The summed E-state index contributed by atoms with van der Waals surface area (Å²) >= 11 is 0. The zero-order valence-electron chi connectivity index (χ0n) is 7.72. The van der Waals surface area contributed by atoms with Crippen molar-refractivity contribution in [2.24, 2.45) is 5.41 Å². The number of nitrogens with one attached hydrogen (secondary N) is 2. The average Bonchev–Trinajstić information content (AvgIpc) is 2.76. The standard InChI is InChI=1S/C9H10N2O3/c1-9(2-3-9)8(14)10-5-4-6(12)11-7(5)13/h4H,2-3H2,1H3,(H2,10,11,12,13,14). The summed E-state index contributed by atoms with van der Waals surface area (Å²) in [5, 5.41) is 4.51. The molecule has 74 valence electrons. The van der Waals surface area contributed by atoms with E-state index in [0.29, 0.717) is 0 Å². The minimum atomic E-state index is -0.535. The molecule has 0 spiro atoms. The highest BCUT2D eigenvalue weighted by Crippen LogP contribution is 2.45. The molecule has 3 amide bonds. The van der Waals surface area contributed by atoms with Gasteiger partial charge in [-0.2, -0.15) is 0 Å². The number of hydrogen-bond acceptors (Lipinski definition) is 3. The minimum Gasteiger partial charge on any atom is -0.321 e. The number of carbonyl (C=O) groups is 3. The smallest absolute Gasteiger partial charge is 0.274 e. The molecule has 0 unspecified atom stereocenters. The topological polar surface area (TPSA) is 75.3 Å². The van der Waals surface area contributed by atoms with Crippen LogP contribution in [0.25, 0.3) is 0 Å². The molecule has 5 heteroatoms. The summed E-state index contributed by atoms with van der Waals surface area (Å²) in [4.78, 5) is 33.3. The van der Waals surface area contributed by atoms with Crippen molar-refractivity contribution < 1.29 is 14.4 Å². The molecule has 0 aromatic carbocycles. The van der Waals surface area contributed by atoms with Crippen LogP contribution < -0.4 is 10.6 Å². The van der Waals surface area contributed by atoms with Gasteiger partial charge in [-0.15, -0.1) is 0 Å². The monoisotopic (exact) mass is 194 g/mol. The van der Waals surface area contributed by atoms with Gasteiger partial charge in [-0.05, 0) is 12.8 Å². The van der Waals surface area contributed by atoms with Crippen molar-refractivity contribution >= 4 is 17.7 Å². The van der Waals surface area contributed by atoms with Gasteiger partial charge in [0.2, 0.25) is 5.91 Å². The molecular weight excluding hydrogens is 184 g/mol. The number of rotatable bonds is 2. The summed E-state index contributed by atoms with van der Waals surface area (Å²) in [6.45, 7) is 1.83. The van der Waals surface area contributed by atoms with E-state index < -0.39 is 11.8 Å². The van der Waals surface area contributed by atoms with Crippen LogP contribution in [0.2, 0.25) is 0 Å². The molecule has 1 fully saturated rings. The zero-order valence-corrected chi connectivity index (χ0v) is 7.72. The van der Waals surface area contributed by atoms with Crippen LogP contribution in [0.5, 0.6) is 0 Å². The second-order valence-electron chi connectivity index (χ2n) is 3.89. The normalized spacial score (nSPS) is 22.8. The van der Waals surface area contributed by atoms with E-state index in [2.05, 4.69) is 10.6 Å². The number of imide groups is 1. The largest absolute Gasteiger partial charge is 0.321 e. The van der Waals surface area contributed by atoms with Crippen LogP contribution in [0, 0.1) is 5.41 Å². The Kier molecular flexibility index (Phi) is 1.70. The molecule has 14 heavy (non-hydrogen) atoms. The third-order valence-corrected chi connectivity index (χ3v) is 2.55. The molecule has 2 aliphatic rings. The maximum absolute atomic E-state index is 11.5. The first-order valence-electron chi connectivity index (χ1n) is 4.40. The fourth-order valence-corrected chi connectivity index (χ4v) is 1.19. The second kappa shape index (κ2) is 2.67. The minimum absolute atomic E-state index is 0.0492. The summed E-state index contributed by atoms with van der Waals surface area (Å²) in [6.07, 6.45) is 2.77. The number of hydrogen-bond donors (Lipinski definition) is 2. The predicted octanol–water partition coefficient (Wildman–Crippen LogP) is -0.557. The van der Waals surface area contributed by atoms with E-state index in [4.69, 9.17) is 0 Å². The van der Waals surface area contributed by atoms with Gasteiger partial charge in [0, 0.05) is 11.5 Å². The van der Waals surface area contributed by atoms with E-state index in [9.17, 15) is 14.4 Å². The maximum atomic E-state index is 11.5. The first-order chi connectivity index (χ1) is 6.51. The van der Waals surface area contributed by atoms with Crippen molar-refractivity contribution in [3.8, 4) is 0 Å². The first kappa shape index (κ1) is 8.93. The van der Waals surface area contributed by atoms with Crippen molar-refractivity contribution in [2.45, 2.75) is 19.8 Å². The van der Waals surface area contributed by atoms with Crippen LogP contribution in [-0.4, -0.2) is 17.7 Å². The Morgan fingerprint density at radius 1 is 1.50 bits per heavy atom. The van der Waals surface area contributed by atoms with Gasteiger partial charge in [-0.1, -0.05) is 6.92 Å². The maximum Gasteiger partial charge on any atom is 0.274 e. The van der Waals surface area contributed by atoms with E-state index in [1.54, 1.807) is 0 Å². The van der Waals surface area contributed by atoms with Crippen molar-refractivity contribution in [3.63, 3.8) is 0 Å². The van der Waals surface area contributed by atoms with Crippen molar-refractivity contribution in [1.82, 2.24) is 10.6 Å². The van der Waals surface area contributed by atoms with Gasteiger partial charge >= 0.3 is 0 Å². The molecule has 1 aliphatic heterocycles. The fourth-order valence-electron chi connectivity index (χ4n) is 1.19. The van der Waals surface area contributed by atoms with Gasteiger partial charge in [0.25, 0.3) is 11.8 Å². The Morgan fingerprint density at radius 2 is 2.14 bits per heavy atom. The van der Waals surface area contributed by atoms with Crippen molar-refractivity contribution in [1.29, 1.82) is 0 Å². The van der Waals surface area contributed by atoms with Gasteiger partial charge in [0.1, 0.15) is 5.70 Å². The number of amides is 3. The quantitative estimate of drug-likeness (QED) is 0.579. The van der Waals surface area contributed by atoms with Crippen LogP contribution in [-0.2, 0) is 14.4 Å². The molecule has 1 aliphatic carbocycles. The lowest BCUT2D eigenvalue weighted by atomic mass is 10.1. The van der Waals surface area contributed by atoms with Gasteiger partial charge in [-0.25, -0.2) is 0 Å². The Balaban J connectivity index is 2.04. The summed E-state index contributed by atoms with van der Waals surface area (Å²) in [7, 11) is 0.